The average molecular weight is 217 g/mol. The minimum atomic E-state index is 0.313. The highest BCUT2D eigenvalue weighted by atomic mass is 32.2. The number of aliphatic hydroxyl groups excluding tert-OH is 1. The van der Waals surface area contributed by atoms with E-state index in [0.717, 1.165) is 19.1 Å². The highest BCUT2D eigenvalue weighted by Crippen LogP contribution is 2.23. The molecule has 1 rings (SSSR count). The molecule has 0 atom stereocenters. The maximum atomic E-state index is 9.01. The van der Waals surface area contributed by atoms with E-state index < -0.39 is 0 Å². The van der Waals surface area contributed by atoms with Crippen molar-refractivity contribution < 1.29 is 5.11 Å². The van der Waals surface area contributed by atoms with E-state index in [-0.39, 0.29) is 0 Å². The van der Waals surface area contributed by atoms with Gasteiger partial charge in [-0.15, -0.1) is 0 Å². The number of nitrogens with zero attached hydrogens (tertiary/aromatic N) is 1. The van der Waals surface area contributed by atoms with Crippen LogP contribution in [0.25, 0.3) is 0 Å². The molecule has 0 spiro atoms. The molecule has 0 aliphatic heterocycles. The van der Waals surface area contributed by atoms with Crippen LogP contribution in [0.2, 0.25) is 0 Å². The molecule has 84 valence electrons. The molecule has 1 fully saturated rings. The fourth-order valence-electron chi connectivity index (χ4n) is 2.20. The predicted octanol–water partition coefficient (Wildman–Crippen LogP) is 1.98. The Hall–Kier alpha value is 0.270. The fourth-order valence-corrected chi connectivity index (χ4v) is 2.85. The number of hydrogen-bond acceptors (Lipinski definition) is 3. The molecule has 0 saturated heterocycles. The molecule has 1 saturated carbocycles. The van der Waals surface area contributed by atoms with Crippen molar-refractivity contribution in [2.24, 2.45) is 0 Å². The van der Waals surface area contributed by atoms with Gasteiger partial charge in [-0.3, -0.25) is 4.90 Å². The number of rotatable bonds is 7. The topological polar surface area (TPSA) is 23.5 Å². The van der Waals surface area contributed by atoms with E-state index in [1.54, 1.807) is 0 Å². The molecule has 0 unspecified atom stereocenters. The highest BCUT2D eigenvalue weighted by molar-refractivity contribution is 7.99. The Kier molecular flexibility index (Phi) is 6.65. The van der Waals surface area contributed by atoms with Crippen LogP contribution in [-0.2, 0) is 0 Å². The molecular weight excluding hydrogens is 194 g/mol. The summed E-state index contributed by atoms with van der Waals surface area (Å²) >= 11 is 2.00. The summed E-state index contributed by atoms with van der Waals surface area (Å²) in [7, 11) is 0. The van der Waals surface area contributed by atoms with Crippen molar-refractivity contribution in [2.75, 3.05) is 31.2 Å². The SMILES string of the molecule is CCSCCN(CCO)C1CCCC1. The lowest BCUT2D eigenvalue weighted by Gasteiger charge is -2.27. The van der Waals surface area contributed by atoms with Crippen LogP contribution in [0.4, 0.5) is 0 Å². The summed E-state index contributed by atoms with van der Waals surface area (Å²) in [5.74, 6) is 2.42. The van der Waals surface area contributed by atoms with Gasteiger partial charge in [-0.05, 0) is 18.6 Å². The molecule has 1 aliphatic rings. The Bertz CT molecular complexity index is 137. The van der Waals surface area contributed by atoms with Crippen LogP contribution in [0.1, 0.15) is 32.6 Å². The van der Waals surface area contributed by atoms with Crippen LogP contribution in [0, 0.1) is 0 Å². The average Bonchev–Trinajstić information content (AvgIpc) is 2.70. The zero-order valence-electron chi connectivity index (χ0n) is 9.24. The van der Waals surface area contributed by atoms with Crippen LogP contribution < -0.4 is 0 Å². The van der Waals surface area contributed by atoms with Gasteiger partial charge in [0, 0.05) is 24.9 Å². The highest BCUT2D eigenvalue weighted by Gasteiger charge is 2.21. The van der Waals surface area contributed by atoms with Crippen LogP contribution in [0.15, 0.2) is 0 Å². The van der Waals surface area contributed by atoms with E-state index in [9.17, 15) is 0 Å². The van der Waals surface area contributed by atoms with Crippen molar-refractivity contribution in [3.05, 3.63) is 0 Å². The predicted molar refractivity (Wildman–Crippen MR) is 63.9 cm³/mol. The second kappa shape index (κ2) is 7.55. The number of thioether (sulfide) groups is 1. The minimum Gasteiger partial charge on any atom is -0.395 e. The molecule has 0 aromatic carbocycles. The van der Waals surface area contributed by atoms with Gasteiger partial charge in [-0.25, -0.2) is 0 Å². The molecule has 0 radical (unpaired) electrons. The molecule has 14 heavy (non-hydrogen) atoms. The second-order valence-electron chi connectivity index (χ2n) is 3.89. The lowest BCUT2D eigenvalue weighted by atomic mass is 10.2. The molecule has 1 N–H and O–H groups in total. The third-order valence-electron chi connectivity index (χ3n) is 2.96. The normalized spacial score (nSPS) is 18.2. The minimum absolute atomic E-state index is 0.313. The van der Waals surface area contributed by atoms with E-state index in [1.807, 2.05) is 11.8 Å². The molecule has 0 aromatic heterocycles. The first-order valence-electron chi connectivity index (χ1n) is 5.81. The van der Waals surface area contributed by atoms with Gasteiger partial charge in [0.05, 0.1) is 6.61 Å². The van der Waals surface area contributed by atoms with Crippen molar-refractivity contribution in [3.63, 3.8) is 0 Å². The molecule has 0 aromatic rings. The summed E-state index contributed by atoms with van der Waals surface area (Å²) in [5.41, 5.74) is 0. The first-order valence-corrected chi connectivity index (χ1v) is 6.96. The van der Waals surface area contributed by atoms with E-state index in [1.165, 1.54) is 37.2 Å². The third-order valence-corrected chi connectivity index (χ3v) is 3.83. The fraction of sp³-hybridized carbons (Fsp3) is 1.00. The molecule has 1 aliphatic carbocycles. The Morgan fingerprint density at radius 3 is 2.57 bits per heavy atom. The number of aliphatic hydroxyl groups is 1. The summed E-state index contributed by atoms with van der Waals surface area (Å²) in [6.45, 7) is 4.54. The van der Waals surface area contributed by atoms with E-state index in [0.29, 0.717) is 6.61 Å². The smallest absolute Gasteiger partial charge is 0.0558 e. The van der Waals surface area contributed by atoms with Gasteiger partial charge in [0.25, 0.3) is 0 Å². The largest absolute Gasteiger partial charge is 0.395 e. The van der Waals surface area contributed by atoms with E-state index in [4.69, 9.17) is 5.11 Å². The van der Waals surface area contributed by atoms with Crippen molar-refractivity contribution >= 4 is 11.8 Å². The Balaban J connectivity index is 2.22. The van der Waals surface area contributed by atoms with E-state index in [2.05, 4.69) is 11.8 Å². The van der Waals surface area contributed by atoms with Gasteiger partial charge in [0.15, 0.2) is 0 Å². The Labute approximate surface area is 92.1 Å². The summed E-state index contributed by atoms with van der Waals surface area (Å²) in [5, 5.41) is 9.01. The van der Waals surface area contributed by atoms with E-state index >= 15 is 0 Å². The summed E-state index contributed by atoms with van der Waals surface area (Å²) in [6.07, 6.45) is 5.45. The monoisotopic (exact) mass is 217 g/mol. The van der Waals surface area contributed by atoms with Crippen molar-refractivity contribution in [1.82, 2.24) is 4.90 Å². The zero-order valence-corrected chi connectivity index (χ0v) is 10.1. The van der Waals surface area contributed by atoms with Gasteiger partial charge < -0.3 is 5.11 Å². The maximum absolute atomic E-state index is 9.01. The standard InChI is InChI=1S/C11H23NOS/c1-2-14-10-8-12(7-9-13)11-5-3-4-6-11/h11,13H,2-10H2,1H3. The summed E-state index contributed by atoms with van der Waals surface area (Å²) in [6, 6.07) is 0.764. The molecule has 0 bridgehead atoms. The molecule has 3 heteroatoms. The molecule has 0 amide bonds. The summed E-state index contributed by atoms with van der Waals surface area (Å²) in [4.78, 5) is 2.48. The maximum Gasteiger partial charge on any atom is 0.0558 e. The number of hydrogen-bond donors (Lipinski definition) is 1. The van der Waals surface area contributed by atoms with Gasteiger partial charge in [0.1, 0.15) is 0 Å². The third kappa shape index (κ3) is 4.20. The van der Waals surface area contributed by atoms with Gasteiger partial charge in [0.2, 0.25) is 0 Å². The first-order chi connectivity index (χ1) is 6.88. The Morgan fingerprint density at radius 2 is 2.00 bits per heavy atom. The quantitative estimate of drug-likeness (QED) is 0.660. The zero-order chi connectivity index (χ0) is 10.2. The van der Waals surface area contributed by atoms with Crippen LogP contribution in [0.3, 0.4) is 0 Å². The molecule has 2 nitrogen and oxygen atoms in total. The summed E-state index contributed by atoms with van der Waals surface area (Å²) < 4.78 is 0. The lowest BCUT2D eigenvalue weighted by Crippen LogP contribution is -2.37. The van der Waals surface area contributed by atoms with Gasteiger partial charge in [-0.2, -0.15) is 11.8 Å². The van der Waals surface area contributed by atoms with Crippen molar-refractivity contribution in [1.29, 1.82) is 0 Å². The molecular formula is C11H23NOS. The van der Waals surface area contributed by atoms with Gasteiger partial charge >= 0.3 is 0 Å². The second-order valence-corrected chi connectivity index (χ2v) is 5.29. The van der Waals surface area contributed by atoms with Crippen LogP contribution in [-0.4, -0.2) is 47.3 Å². The lowest BCUT2D eigenvalue weighted by molar-refractivity contribution is 0.159. The van der Waals surface area contributed by atoms with Crippen LogP contribution in [0.5, 0.6) is 0 Å². The van der Waals surface area contributed by atoms with Crippen molar-refractivity contribution in [3.8, 4) is 0 Å². The molecule has 0 heterocycles. The van der Waals surface area contributed by atoms with Crippen LogP contribution >= 0.6 is 11.8 Å². The van der Waals surface area contributed by atoms with Crippen molar-refractivity contribution in [2.45, 2.75) is 38.6 Å². The Morgan fingerprint density at radius 1 is 1.29 bits per heavy atom. The van der Waals surface area contributed by atoms with Gasteiger partial charge in [-0.1, -0.05) is 19.8 Å². The first kappa shape index (κ1) is 12.3.